The molecular formula is C13H18ClN3O2. The third kappa shape index (κ3) is 3.36. The number of nitrogens with zero attached hydrogens (tertiary/aromatic N) is 2. The van der Waals surface area contributed by atoms with Crippen LogP contribution in [0.2, 0.25) is 5.02 Å². The summed E-state index contributed by atoms with van der Waals surface area (Å²) in [6.07, 6.45) is 2.08. The SMILES string of the molecule is CNc1ccc(Cl)c(C(=O)N(CCOC)C2CC2)n1. The first-order chi connectivity index (χ1) is 9.17. The van der Waals surface area contributed by atoms with Gasteiger partial charge >= 0.3 is 0 Å². The predicted octanol–water partition coefficient (Wildman–Crippen LogP) is 2.03. The van der Waals surface area contributed by atoms with Crippen LogP contribution in [0.25, 0.3) is 0 Å². The van der Waals surface area contributed by atoms with E-state index in [1.165, 1.54) is 0 Å². The van der Waals surface area contributed by atoms with E-state index in [0.717, 1.165) is 12.8 Å². The maximum atomic E-state index is 12.5. The Morgan fingerprint density at radius 2 is 2.32 bits per heavy atom. The molecule has 0 aromatic carbocycles. The van der Waals surface area contributed by atoms with Crippen molar-refractivity contribution in [1.82, 2.24) is 9.88 Å². The fourth-order valence-electron chi connectivity index (χ4n) is 1.89. The summed E-state index contributed by atoms with van der Waals surface area (Å²) < 4.78 is 5.05. The molecule has 19 heavy (non-hydrogen) atoms. The van der Waals surface area contributed by atoms with E-state index in [1.807, 2.05) is 0 Å². The van der Waals surface area contributed by atoms with Gasteiger partial charge in [-0.1, -0.05) is 11.6 Å². The highest BCUT2D eigenvalue weighted by Crippen LogP contribution is 2.29. The van der Waals surface area contributed by atoms with Crippen molar-refractivity contribution in [3.8, 4) is 0 Å². The van der Waals surface area contributed by atoms with Crippen molar-refractivity contribution in [2.75, 3.05) is 32.6 Å². The first-order valence-electron chi connectivity index (χ1n) is 6.31. The minimum absolute atomic E-state index is 0.123. The van der Waals surface area contributed by atoms with E-state index in [0.29, 0.717) is 35.7 Å². The standard InChI is InChI=1S/C13H18ClN3O2/c1-15-11-6-5-10(14)12(16-11)13(18)17(7-8-19-2)9-3-4-9/h5-6,9H,3-4,7-8H2,1-2H3,(H,15,16). The molecule has 1 N–H and O–H groups in total. The second kappa shape index (κ2) is 6.21. The van der Waals surface area contributed by atoms with Gasteiger partial charge in [0.2, 0.25) is 0 Å². The summed E-state index contributed by atoms with van der Waals surface area (Å²) in [4.78, 5) is 18.6. The van der Waals surface area contributed by atoms with Crippen molar-refractivity contribution in [2.45, 2.75) is 18.9 Å². The molecule has 0 radical (unpaired) electrons. The topological polar surface area (TPSA) is 54.5 Å². The molecule has 1 saturated carbocycles. The molecule has 104 valence electrons. The maximum absolute atomic E-state index is 12.5. The van der Waals surface area contributed by atoms with Gasteiger partial charge in [0.15, 0.2) is 0 Å². The number of pyridine rings is 1. The summed E-state index contributed by atoms with van der Waals surface area (Å²) >= 11 is 6.08. The molecule has 6 heteroatoms. The molecule has 0 saturated heterocycles. The summed E-state index contributed by atoms with van der Waals surface area (Å²) in [6.45, 7) is 1.09. The largest absolute Gasteiger partial charge is 0.383 e. The highest BCUT2D eigenvalue weighted by atomic mass is 35.5. The molecule has 2 rings (SSSR count). The second-order valence-corrected chi connectivity index (χ2v) is 4.91. The van der Waals surface area contributed by atoms with Crippen LogP contribution >= 0.6 is 11.6 Å². The minimum atomic E-state index is -0.123. The first-order valence-corrected chi connectivity index (χ1v) is 6.69. The number of aromatic nitrogens is 1. The van der Waals surface area contributed by atoms with Gasteiger partial charge in [-0.3, -0.25) is 4.79 Å². The van der Waals surface area contributed by atoms with Crippen LogP contribution in [0.3, 0.4) is 0 Å². The van der Waals surface area contributed by atoms with Gasteiger partial charge in [0.1, 0.15) is 11.5 Å². The van der Waals surface area contributed by atoms with Gasteiger partial charge in [0.25, 0.3) is 5.91 Å². The molecule has 1 amide bonds. The number of hydrogen-bond acceptors (Lipinski definition) is 4. The molecule has 1 aromatic rings. The molecule has 0 bridgehead atoms. The van der Waals surface area contributed by atoms with Crippen LogP contribution in [0.15, 0.2) is 12.1 Å². The van der Waals surface area contributed by atoms with Crippen molar-refractivity contribution < 1.29 is 9.53 Å². The highest BCUT2D eigenvalue weighted by Gasteiger charge is 2.34. The summed E-state index contributed by atoms with van der Waals surface area (Å²) in [5.41, 5.74) is 0.302. The fraction of sp³-hybridized carbons (Fsp3) is 0.538. The lowest BCUT2D eigenvalue weighted by molar-refractivity contribution is 0.0675. The third-order valence-electron chi connectivity index (χ3n) is 3.09. The number of halogens is 1. The molecule has 1 aromatic heterocycles. The number of hydrogen-bond donors (Lipinski definition) is 1. The van der Waals surface area contributed by atoms with E-state index in [-0.39, 0.29) is 5.91 Å². The number of nitrogens with one attached hydrogen (secondary N) is 1. The molecule has 5 nitrogen and oxygen atoms in total. The molecule has 1 heterocycles. The van der Waals surface area contributed by atoms with Crippen molar-refractivity contribution >= 4 is 23.3 Å². The van der Waals surface area contributed by atoms with Crippen LogP contribution in [-0.2, 0) is 4.74 Å². The Balaban J connectivity index is 2.20. The van der Waals surface area contributed by atoms with Crippen LogP contribution in [0.5, 0.6) is 0 Å². The average Bonchev–Trinajstić information content (AvgIpc) is 3.24. The Morgan fingerprint density at radius 1 is 1.58 bits per heavy atom. The van der Waals surface area contributed by atoms with Gasteiger partial charge in [0, 0.05) is 26.7 Å². The molecule has 0 atom stereocenters. The number of carbonyl (C=O) groups is 1. The Kier molecular flexibility index (Phi) is 4.61. The highest BCUT2D eigenvalue weighted by molar-refractivity contribution is 6.33. The van der Waals surface area contributed by atoms with Crippen LogP contribution in [-0.4, -0.2) is 49.1 Å². The van der Waals surface area contributed by atoms with Gasteiger partial charge in [-0.15, -0.1) is 0 Å². The van der Waals surface area contributed by atoms with E-state index in [4.69, 9.17) is 16.3 Å². The lowest BCUT2D eigenvalue weighted by Gasteiger charge is -2.22. The third-order valence-corrected chi connectivity index (χ3v) is 3.39. The quantitative estimate of drug-likeness (QED) is 0.868. The predicted molar refractivity (Wildman–Crippen MR) is 74.7 cm³/mol. The van der Waals surface area contributed by atoms with E-state index in [2.05, 4.69) is 10.3 Å². The average molecular weight is 284 g/mol. The van der Waals surface area contributed by atoms with Crippen LogP contribution in [0, 0.1) is 0 Å². The first kappa shape index (κ1) is 14.1. The molecule has 0 aliphatic heterocycles. The lowest BCUT2D eigenvalue weighted by atomic mass is 10.3. The van der Waals surface area contributed by atoms with Gasteiger partial charge in [-0.05, 0) is 25.0 Å². The van der Waals surface area contributed by atoms with Gasteiger partial charge in [-0.2, -0.15) is 0 Å². The maximum Gasteiger partial charge on any atom is 0.274 e. The van der Waals surface area contributed by atoms with Crippen LogP contribution in [0.4, 0.5) is 5.82 Å². The lowest BCUT2D eigenvalue weighted by Crippen LogP contribution is -2.36. The van der Waals surface area contributed by atoms with Crippen LogP contribution < -0.4 is 5.32 Å². The smallest absolute Gasteiger partial charge is 0.274 e. The number of rotatable bonds is 6. The molecule has 1 fully saturated rings. The Bertz CT molecular complexity index is 463. The van der Waals surface area contributed by atoms with E-state index >= 15 is 0 Å². The number of methoxy groups -OCH3 is 1. The Morgan fingerprint density at radius 3 is 2.89 bits per heavy atom. The van der Waals surface area contributed by atoms with Crippen molar-refractivity contribution in [3.05, 3.63) is 22.8 Å². The van der Waals surface area contributed by atoms with Crippen molar-refractivity contribution in [3.63, 3.8) is 0 Å². The number of anilines is 1. The van der Waals surface area contributed by atoms with Crippen molar-refractivity contribution in [1.29, 1.82) is 0 Å². The Hall–Kier alpha value is -1.33. The zero-order chi connectivity index (χ0) is 13.8. The fourth-order valence-corrected chi connectivity index (χ4v) is 2.08. The minimum Gasteiger partial charge on any atom is -0.383 e. The normalized spacial score (nSPS) is 14.3. The van der Waals surface area contributed by atoms with E-state index in [9.17, 15) is 4.79 Å². The molecule has 1 aliphatic carbocycles. The molecule has 1 aliphatic rings. The second-order valence-electron chi connectivity index (χ2n) is 4.50. The summed E-state index contributed by atoms with van der Waals surface area (Å²) in [6, 6.07) is 3.74. The zero-order valence-electron chi connectivity index (χ0n) is 11.1. The number of amides is 1. The van der Waals surface area contributed by atoms with Gasteiger partial charge in [-0.25, -0.2) is 4.98 Å². The van der Waals surface area contributed by atoms with E-state index in [1.54, 1.807) is 31.2 Å². The van der Waals surface area contributed by atoms with Gasteiger partial charge in [0.05, 0.1) is 11.6 Å². The summed E-state index contributed by atoms with van der Waals surface area (Å²) in [5.74, 6) is 0.511. The monoisotopic (exact) mass is 283 g/mol. The zero-order valence-corrected chi connectivity index (χ0v) is 11.9. The molecule has 0 spiro atoms. The Labute approximate surface area is 117 Å². The number of carbonyl (C=O) groups excluding carboxylic acids is 1. The van der Waals surface area contributed by atoms with E-state index < -0.39 is 0 Å². The molecule has 0 unspecified atom stereocenters. The molecular weight excluding hydrogens is 266 g/mol. The summed E-state index contributed by atoms with van der Waals surface area (Å²) in [7, 11) is 3.39. The number of ether oxygens (including phenoxy) is 1. The van der Waals surface area contributed by atoms with Crippen molar-refractivity contribution in [2.24, 2.45) is 0 Å². The summed E-state index contributed by atoms with van der Waals surface area (Å²) in [5, 5.41) is 3.29. The van der Waals surface area contributed by atoms with Gasteiger partial charge < -0.3 is 15.0 Å². The van der Waals surface area contributed by atoms with Crippen LogP contribution in [0.1, 0.15) is 23.3 Å².